The Balaban J connectivity index is 1.63. The third-order valence-electron chi connectivity index (χ3n) is 5.98. The Bertz CT molecular complexity index is 1330. The second-order valence-electron chi connectivity index (χ2n) is 8.10. The zero-order valence-electron chi connectivity index (χ0n) is 18.5. The minimum atomic E-state index is -0.728. The molecule has 0 N–H and O–H groups in total. The average molecular weight is 496 g/mol. The van der Waals surface area contributed by atoms with Gasteiger partial charge in [-0.25, -0.2) is 4.90 Å². The van der Waals surface area contributed by atoms with Gasteiger partial charge in [0.05, 0.1) is 23.2 Å². The van der Waals surface area contributed by atoms with E-state index in [-0.39, 0.29) is 29.8 Å². The van der Waals surface area contributed by atoms with Crippen LogP contribution < -0.4 is 9.77 Å². The van der Waals surface area contributed by atoms with Crippen molar-refractivity contribution >= 4 is 46.6 Å². The van der Waals surface area contributed by atoms with Crippen molar-refractivity contribution in [3.63, 3.8) is 0 Å². The number of aromatic nitrogens is 2. The second kappa shape index (κ2) is 8.84. The highest BCUT2D eigenvalue weighted by atomic mass is 32.2. The van der Waals surface area contributed by atoms with Gasteiger partial charge in [-0.05, 0) is 37.6 Å². The van der Waals surface area contributed by atoms with Crippen molar-refractivity contribution < 1.29 is 19.1 Å². The maximum atomic E-state index is 13.7. The maximum absolute atomic E-state index is 13.7. The molecule has 174 valence electrons. The van der Waals surface area contributed by atoms with E-state index in [1.54, 1.807) is 37.5 Å². The number of esters is 1. The number of thioether (sulfide) groups is 1. The number of anilines is 1. The number of hydrogen-bond acceptors (Lipinski definition) is 8. The number of imide groups is 1. The van der Waals surface area contributed by atoms with E-state index in [0.29, 0.717) is 15.6 Å². The Labute approximate surface area is 203 Å². The number of nitrogens with zero attached hydrogens (tertiary/aromatic N) is 3. The van der Waals surface area contributed by atoms with Crippen molar-refractivity contribution in [3.8, 4) is 0 Å². The minimum absolute atomic E-state index is 0.203. The SMILES string of the molecule is CCOC(=O)Cn1c2c(sc1=O)[C@@H](c1cccnc1)[C@@H]1C(=O)N(c3ccc(C)cc3)C(=O)[C@@H]1S2. The molecule has 34 heavy (non-hydrogen) atoms. The molecule has 2 aliphatic rings. The molecule has 0 spiro atoms. The number of carbonyl (C=O) groups excluding carboxylic acids is 3. The third-order valence-corrected chi connectivity index (χ3v) is 8.58. The van der Waals surface area contributed by atoms with E-state index in [4.69, 9.17) is 4.74 Å². The summed E-state index contributed by atoms with van der Waals surface area (Å²) < 4.78 is 6.40. The summed E-state index contributed by atoms with van der Waals surface area (Å²) in [5.41, 5.74) is 2.29. The Hall–Kier alpha value is -3.24. The van der Waals surface area contributed by atoms with E-state index in [0.717, 1.165) is 22.5 Å². The number of fused-ring (bicyclic) bond motifs is 2. The summed E-state index contributed by atoms with van der Waals surface area (Å²) in [6, 6.07) is 10.9. The molecule has 1 aromatic carbocycles. The number of ether oxygens (including phenoxy) is 1. The van der Waals surface area contributed by atoms with Crippen molar-refractivity contribution in [1.29, 1.82) is 0 Å². The number of aryl methyl sites for hydroxylation is 1. The maximum Gasteiger partial charge on any atom is 0.326 e. The summed E-state index contributed by atoms with van der Waals surface area (Å²) in [5, 5.41) is -0.195. The van der Waals surface area contributed by atoms with Crippen LogP contribution in [0.4, 0.5) is 5.69 Å². The smallest absolute Gasteiger partial charge is 0.326 e. The van der Waals surface area contributed by atoms with Crippen LogP contribution in [0.25, 0.3) is 0 Å². The first-order chi connectivity index (χ1) is 16.4. The second-order valence-corrected chi connectivity index (χ2v) is 10.2. The zero-order valence-corrected chi connectivity index (χ0v) is 20.1. The summed E-state index contributed by atoms with van der Waals surface area (Å²) in [7, 11) is 0. The molecule has 3 aromatic rings. The van der Waals surface area contributed by atoms with Gasteiger partial charge in [0.2, 0.25) is 11.8 Å². The third kappa shape index (κ3) is 3.67. The van der Waals surface area contributed by atoms with Gasteiger partial charge in [-0.2, -0.15) is 0 Å². The van der Waals surface area contributed by atoms with Gasteiger partial charge in [0.15, 0.2) is 0 Å². The average Bonchev–Trinajstić information content (AvgIpc) is 3.27. The topological polar surface area (TPSA) is 98.6 Å². The van der Waals surface area contributed by atoms with Gasteiger partial charge in [0.25, 0.3) is 0 Å². The molecule has 5 rings (SSSR count). The van der Waals surface area contributed by atoms with Gasteiger partial charge < -0.3 is 4.74 Å². The molecule has 10 heteroatoms. The molecule has 0 unspecified atom stereocenters. The zero-order chi connectivity index (χ0) is 24.0. The van der Waals surface area contributed by atoms with Crippen molar-refractivity contribution in [3.05, 3.63) is 74.5 Å². The van der Waals surface area contributed by atoms with Crippen LogP contribution in [0.2, 0.25) is 0 Å². The summed E-state index contributed by atoms with van der Waals surface area (Å²) in [6.07, 6.45) is 3.29. The monoisotopic (exact) mass is 495 g/mol. The van der Waals surface area contributed by atoms with Gasteiger partial charge in [-0.3, -0.25) is 28.7 Å². The van der Waals surface area contributed by atoms with Crippen LogP contribution in [0, 0.1) is 12.8 Å². The first kappa shape index (κ1) is 22.5. The molecule has 3 atom stereocenters. The van der Waals surface area contributed by atoms with Crippen LogP contribution >= 0.6 is 23.1 Å². The van der Waals surface area contributed by atoms with E-state index in [9.17, 15) is 19.2 Å². The number of benzene rings is 1. The predicted molar refractivity (Wildman–Crippen MR) is 128 cm³/mol. The molecule has 2 aliphatic heterocycles. The van der Waals surface area contributed by atoms with Crippen molar-refractivity contribution in [2.24, 2.45) is 5.92 Å². The lowest BCUT2D eigenvalue weighted by atomic mass is 9.84. The van der Waals surface area contributed by atoms with Crippen LogP contribution in [0.15, 0.2) is 58.6 Å². The molecule has 0 bridgehead atoms. The number of hydrogen-bond donors (Lipinski definition) is 0. The van der Waals surface area contributed by atoms with Crippen LogP contribution in [-0.2, 0) is 25.7 Å². The molecule has 8 nitrogen and oxygen atoms in total. The summed E-state index contributed by atoms with van der Waals surface area (Å²) in [4.78, 5) is 58.1. The van der Waals surface area contributed by atoms with Crippen molar-refractivity contribution in [1.82, 2.24) is 9.55 Å². The molecule has 1 saturated heterocycles. The molecule has 1 fully saturated rings. The Morgan fingerprint density at radius 1 is 1.12 bits per heavy atom. The Kier molecular flexibility index (Phi) is 5.86. The first-order valence-electron chi connectivity index (χ1n) is 10.8. The van der Waals surface area contributed by atoms with Crippen LogP contribution in [0.3, 0.4) is 0 Å². The van der Waals surface area contributed by atoms with Crippen LogP contribution in [0.5, 0.6) is 0 Å². The molecule has 4 heterocycles. The van der Waals surface area contributed by atoms with Gasteiger partial charge in [-0.1, -0.05) is 46.9 Å². The number of rotatable bonds is 5. The molecule has 0 saturated carbocycles. The van der Waals surface area contributed by atoms with E-state index >= 15 is 0 Å². The molecule has 0 aliphatic carbocycles. The summed E-state index contributed by atoms with van der Waals surface area (Å²) in [5.74, 6) is -2.37. The lowest BCUT2D eigenvalue weighted by Crippen LogP contribution is -2.32. The molecule has 0 radical (unpaired) electrons. The van der Waals surface area contributed by atoms with Gasteiger partial charge >= 0.3 is 10.8 Å². The fourth-order valence-corrected chi connectivity index (χ4v) is 7.23. The molecule has 2 aromatic heterocycles. The molecular weight excluding hydrogens is 474 g/mol. The number of pyridine rings is 1. The van der Waals surface area contributed by atoms with Crippen LogP contribution in [0.1, 0.15) is 28.8 Å². The van der Waals surface area contributed by atoms with Crippen molar-refractivity contribution in [2.75, 3.05) is 11.5 Å². The van der Waals surface area contributed by atoms with E-state index < -0.39 is 23.1 Å². The summed E-state index contributed by atoms with van der Waals surface area (Å²) >= 11 is 2.18. The minimum Gasteiger partial charge on any atom is -0.465 e. The van der Waals surface area contributed by atoms with Gasteiger partial charge in [0, 0.05) is 23.2 Å². The summed E-state index contributed by atoms with van der Waals surface area (Å²) in [6.45, 7) is 3.59. The fourth-order valence-electron chi connectivity index (χ4n) is 4.46. The van der Waals surface area contributed by atoms with E-state index in [1.165, 1.54) is 21.2 Å². The Morgan fingerprint density at radius 2 is 1.88 bits per heavy atom. The highest BCUT2D eigenvalue weighted by Gasteiger charge is 2.56. The number of carbonyl (C=O) groups is 3. The van der Waals surface area contributed by atoms with E-state index in [1.807, 2.05) is 25.1 Å². The largest absolute Gasteiger partial charge is 0.465 e. The molecule has 2 amide bonds. The lowest BCUT2D eigenvalue weighted by molar-refractivity contribution is -0.144. The van der Waals surface area contributed by atoms with E-state index in [2.05, 4.69) is 4.98 Å². The van der Waals surface area contributed by atoms with Gasteiger partial charge in [-0.15, -0.1) is 0 Å². The fraction of sp³-hybridized carbons (Fsp3) is 0.292. The number of amides is 2. The Morgan fingerprint density at radius 3 is 2.56 bits per heavy atom. The highest BCUT2D eigenvalue weighted by molar-refractivity contribution is 8.00. The quantitative estimate of drug-likeness (QED) is 0.396. The predicted octanol–water partition coefficient (Wildman–Crippen LogP) is 2.97. The lowest BCUT2D eigenvalue weighted by Gasteiger charge is -2.30. The first-order valence-corrected chi connectivity index (χ1v) is 12.5. The molecular formula is C24H21N3O5S2. The normalized spacial score (nSPS) is 21.4. The van der Waals surface area contributed by atoms with Gasteiger partial charge in [0.1, 0.15) is 11.8 Å². The van der Waals surface area contributed by atoms with Crippen molar-refractivity contribution in [2.45, 2.75) is 36.6 Å². The standard InChI is InChI=1S/C24H21N3O5S2/c1-3-32-16(28)12-26-23-20(34-24(26)31)17(14-5-4-10-25-11-14)18-19(33-23)22(30)27(21(18)29)15-8-6-13(2)7-9-15/h4-11,17-19H,3,12H2,1-2H3/t17-,18-,19+/m0/s1. The highest BCUT2D eigenvalue weighted by Crippen LogP contribution is 2.53. The van der Waals surface area contributed by atoms with Crippen LogP contribution in [-0.4, -0.2) is 39.2 Å². The number of thiazole rings is 1.